The molecule has 1 N–H and O–H groups in total. The van der Waals surface area contributed by atoms with E-state index in [1.54, 1.807) is 19.1 Å². The van der Waals surface area contributed by atoms with Gasteiger partial charge in [0.1, 0.15) is 0 Å². The number of nitrogens with zero attached hydrogens (tertiary/aromatic N) is 4. The van der Waals surface area contributed by atoms with Crippen LogP contribution in [-0.4, -0.2) is 49.9 Å². The molecule has 1 atom stereocenters. The number of urea groups is 1. The van der Waals surface area contributed by atoms with E-state index in [2.05, 4.69) is 15.5 Å². The molecular formula is C16H18ClN5O2S. The molecule has 1 aromatic heterocycles. The van der Waals surface area contributed by atoms with E-state index < -0.39 is 5.25 Å². The number of benzene rings is 1. The molecule has 7 nitrogen and oxygen atoms in total. The van der Waals surface area contributed by atoms with Crippen LogP contribution in [0.3, 0.4) is 0 Å². The number of amides is 3. The highest BCUT2D eigenvalue weighted by Crippen LogP contribution is 2.28. The van der Waals surface area contributed by atoms with Crippen LogP contribution in [0.2, 0.25) is 5.02 Å². The second-order valence-corrected chi connectivity index (χ2v) is 7.28. The van der Waals surface area contributed by atoms with Crippen LogP contribution in [0.15, 0.2) is 29.4 Å². The monoisotopic (exact) mass is 379 g/mol. The number of imide groups is 1. The molecule has 0 radical (unpaired) electrons. The molecule has 2 heterocycles. The molecule has 1 aromatic carbocycles. The first-order chi connectivity index (χ1) is 12.0. The lowest BCUT2D eigenvalue weighted by molar-refractivity contribution is -0.126. The minimum atomic E-state index is -0.434. The van der Waals surface area contributed by atoms with E-state index in [1.165, 1.54) is 16.7 Å². The van der Waals surface area contributed by atoms with Crippen LogP contribution in [0.5, 0.6) is 0 Å². The van der Waals surface area contributed by atoms with Crippen LogP contribution in [0, 0.1) is 0 Å². The topological polar surface area (TPSA) is 80.1 Å². The average molecular weight is 380 g/mol. The molecule has 1 unspecified atom stereocenters. The Bertz CT molecular complexity index is 792. The molecule has 1 aliphatic heterocycles. The molecule has 1 fully saturated rings. The lowest BCUT2D eigenvalue weighted by Crippen LogP contribution is -2.39. The van der Waals surface area contributed by atoms with Gasteiger partial charge < -0.3 is 9.88 Å². The lowest BCUT2D eigenvalue weighted by atomic mass is 10.2. The van der Waals surface area contributed by atoms with Crippen LogP contribution in [0.1, 0.15) is 13.8 Å². The third-order valence-corrected chi connectivity index (χ3v) is 5.21. The van der Waals surface area contributed by atoms with Crippen LogP contribution in [-0.2, 0) is 11.3 Å². The van der Waals surface area contributed by atoms with Crippen LogP contribution in [0.4, 0.5) is 4.79 Å². The van der Waals surface area contributed by atoms with Crippen molar-refractivity contribution in [3.8, 4) is 11.4 Å². The van der Waals surface area contributed by atoms with Crippen LogP contribution >= 0.6 is 23.4 Å². The van der Waals surface area contributed by atoms with Gasteiger partial charge in [0.15, 0.2) is 11.0 Å². The van der Waals surface area contributed by atoms with Gasteiger partial charge in [-0.1, -0.05) is 23.4 Å². The first-order valence-corrected chi connectivity index (χ1v) is 9.22. The summed E-state index contributed by atoms with van der Waals surface area (Å²) in [6, 6.07) is 7.04. The van der Waals surface area contributed by atoms with Crippen molar-refractivity contribution in [3.63, 3.8) is 0 Å². The lowest BCUT2D eigenvalue weighted by Gasteiger charge is -2.17. The Morgan fingerprint density at radius 2 is 2.08 bits per heavy atom. The van der Waals surface area contributed by atoms with Crippen molar-refractivity contribution in [2.75, 3.05) is 13.1 Å². The Kier molecular flexibility index (Phi) is 5.29. The highest BCUT2D eigenvalue weighted by molar-refractivity contribution is 8.00. The van der Waals surface area contributed by atoms with Gasteiger partial charge in [0, 0.05) is 30.2 Å². The molecule has 25 heavy (non-hydrogen) atoms. The molecule has 3 amide bonds. The van der Waals surface area contributed by atoms with Crippen molar-refractivity contribution in [1.29, 1.82) is 0 Å². The summed E-state index contributed by atoms with van der Waals surface area (Å²) in [5, 5.41) is 12.0. The Labute approximate surface area is 154 Å². The van der Waals surface area contributed by atoms with Crippen molar-refractivity contribution < 1.29 is 9.59 Å². The zero-order valence-electron chi connectivity index (χ0n) is 13.9. The number of rotatable bonds is 5. The Balaban J connectivity index is 1.80. The summed E-state index contributed by atoms with van der Waals surface area (Å²) in [6.07, 6.45) is 0. The zero-order valence-corrected chi connectivity index (χ0v) is 15.5. The van der Waals surface area contributed by atoms with E-state index in [4.69, 9.17) is 11.6 Å². The van der Waals surface area contributed by atoms with Crippen molar-refractivity contribution in [2.45, 2.75) is 30.8 Å². The van der Waals surface area contributed by atoms with Crippen molar-refractivity contribution in [1.82, 2.24) is 25.0 Å². The Hall–Kier alpha value is -2.06. The fourth-order valence-electron chi connectivity index (χ4n) is 2.58. The molecule has 0 spiro atoms. The molecule has 0 bridgehead atoms. The van der Waals surface area contributed by atoms with Gasteiger partial charge in [-0.3, -0.25) is 9.69 Å². The van der Waals surface area contributed by atoms with E-state index >= 15 is 0 Å². The second-order valence-electron chi connectivity index (χ2n) is 5.54. The van der Waals surface area contributed by atoms with Gasteiger partial charge in [-0.25, -0.2) is 4.79 Å². The number of carbonyl (C=O) groups is 2. The first-order valence-electron chi connectivity index (χ1n) is 7.96. The molecule has 0 aliphatic carbocycles. The quantitative estimate of drug-likeness (QED) is 0.808. The summed E-state index contributed by atoms with van der Waals surface area (Å²) < 4.78 is 1.95. The van der Waals surface area contributed by atoms with Crippen LogP contribution in [0.25, 0.3) is 11.4 Å². The van der Waals surface area contributed by atoms with Crippen molar-refractivity contribution in [2.24, 2.45) is 0 Å². The first kappa shape index (κ1) is 17.8. The summed E-state index contributed by atoms with van der Waals surface area (Å²) in [5.41, 5.74) is 0.906. The molecule has 3 rings (SSSR count). The second kappa shape index (κ2) is 7.45. The highest BCUT2D eigenvalue weighted by atomic mass is 35.5. The number of hydrogen-bond donors (Lipinski definition) is 1. The van der Waals surface area contributed by atoms with E-state index in [0.29, 0.717) is 29.8 Å². The largest absolute Gasteiger partial charge is 0.336 e. The Morgan fingerprint density at radius 1 is 1.36 bits per heavy atom. The Morgan fingerprint density at radius 3 is 2.68 bits per heavy atom. The van der Waals surface area contributed by atoms with Crippen molar-refractivity contribution in [3.05, 3.63) is 29.3 Å². The standard InChI is InChI=1S/C16H18ClN5O2S/c1-3-21-13(11-4-6-12(17)7-5-11)19-20-16(21)25-10(2)14(23)22-9-8-18-15(22)24/h4-7,10H,3,8-9H2,1-2H3,(H,18,24). The van der Waals surface area contributed by atoms with Crippen molar-refractivity contribution >= 4 is 35.3 Å². The number of carbonyl (C=O) groups excluding carboxylic acids is 2. The summed E-state index contributed by atoms with van der Waals surface area (Å²) >= 11 is 7.24. The molecular weight excluding hydrogens is 362 g/mol. The maximum absolute atomic E-state index is 12.4. The summed E-state index contributed by atoms with van der Waals surface area (Å²) in [7, 11) is 0. The van der Waals surface area contributed by atoms with E-state index in [1.807, 2.05) is 23.6 Å². The predicted molar refractivity (Wildman–Crippen MR) is 96.6 cm³/mol. The van der Waals surface area contributed by atoms with Gasteiger partial charge in [-0.15, -0.1) is 10.2 Å². The molecule has 0 saturated carbocycles. The number of thioether (sulfide) groups is 1. The van der Waals surface area contributed by atoms with Gasteiger partial charge in [-0.05, 0) is 38.1 Å². The zero-order chi connectivity index (χ0) is 18.0. The number of hydrogen-bond acceptors (Lipinski definition) is 5. The average Bonchev–Trinajstić information content (AvgIpc) is 3.20. The molecule has 132 valence electrons. The van der Waals surface area contributed by atoms with Gasteiger partial charge in [-0.2, -0.15) is 0 Å². The fourth-order valence-corrected chi connectivity index (χ4v) is 3.68. The number of halogens is 1. The van der Waals surface area contributed by atoms with E-state index in [-0.39, 0.29) is 11.9 Å². The predicted octanol–water partition coefficient (Wildman–Crippen LogP) is 2.65. The highest BCUT2D eigenvalue weighted by Gasteiger charge is 2.31. The maximum atomic E-state index is 12.4. The third-order valence-electron chi connectivity index (χ3n) is 3.89. The van der Waals surface area contributed by atoms with Gasteiger partial charge in [0.25, 0.3) is 0 Å². The molecule has 2 aromatic rings. The fraction of sp³-hybridized carbons (Fsp3) is 0.375. The van der Waals surface area contributed by atoms with Crippen LogP contribution < -0.4 is 5.32 Å². The van der Waals surface area contributed by atoms with E-state index in [9.17, 15) is 9.59 Å². The van der Waals surface area contributed by atoms with E-state index in [0.717, 1.165) is 11.4 Å². The SMILES string of the molecule is CCn1c(SC(C)C(=O)N2CCNC2=O)nnc1-c1ccc(Cl)cc1. The number of nitrogens with one attached hydrogen (secondary N) is 1. The summed E-state index contributed by atoms with van der Waals surface area (Å²) in [4.78, 5) is 25.3. The summed E-state index contributed by atoms with van der Waals surface area (Å²) in [6.45, 7) is 5.33. The van der Waals surface area contributed by atoms with Gasteiger partial charge in [0.05, 0.1) is 5.25 Å². The van der Waals surface area contributed by atoms with Gasteiger partial charge >= 0.3 is 6.03 Å². The molecule has 9 heteroatoms. The minimum absolute atomic E-state index is 0.223. The normalized spacial score (nSPS) is 15.3. The summed E-state index contributed by atoms with van der Waals surface area (Å²) in [5.74, 6) is 0.499. The molecule has 1 saturated heterocycles. The number of aromatic nitrogens is 3. The van der Waals surface area contributed by atoms with Gasteiger partial charge in [0.2, 0.25) is 5.91 Å². The smallest absolute Gasteiger partial charge is 0.324 e. The minimum Gasteiger partial charge on any atom is -0.336 e. The molecule has 1 aliphatic rings. The third kappa shape index (κ3) is 3.64. The maximum Gasteiger partial charge on any atom is 0.324 e.